The highest BCUT2D eigenvalue weighted by Crippen LogP contribution is 2.49. The molecule has 1 saturated heterocycles. The van der Waals surface area contributed by atoms with Crippen molar-refractivity contribution in [1.82, 2.24) is 20.0 Å². The van der Waals surface area contributed by atoms with Gasteiger partial charge < -0.3 is 15.1 Å². The van der Waals surface area contributed by atoms with Crippen molar-refractivity contribution in [1.29, 1.82) is 0 Å². The third kappa shape index (κ3) is 4.60. The number of aromatic nitrogens is 2. The topological polar surface area (TPSA) is 65.8 Å². The molecule has 1 aromatic carbocycles. The highest BCUT2D eigenvalue weighted by Gasteiger charge is 2.46. The number of aryl methyl sites for hydroxylation is 1. The second-order valence-electron chi connectivity index (χ2n) is 7.77. The van der Waals surface area contributed by atoms with E-state index in [-0.39, 0.29) is 47.7 Å². The van der Waals surface area contributed by atoms with Gasteiger partial charge in [0.05, 0.1) is 18.4 Å². The number of hydrogen-bond donors (Lipinski definition) is 1. The molecule has 0 unspecified atom stereocenters. The molecule has 0 radical (unpaired) electrons. The molecule has 2 aromatic rings. The van der Waals surface area contributed by atoms with Crippen molar-refractivity contribution >= 4 is 41.5 Å². The van der Waals surface area contributed by atoms with Crippen molar-refractivity contribution in [3.05, 3.63) is 48.0 Å². The van der Waals surface area contributed by atoms with Crippen LogP contribution >= 0.6 is 24.0 Å². The van der Waals surface area contributed by atoms with Crippen LogP contribution in [0, 0.1) is 5.82 Å². The monoisotopic (exact) mass is 526 g/mol. The van der Waals surface area contributed by atoms with Crippen LogP contribution in [0.25, 0.3) is 0 Å². The molecule has 2 fully saturated rings. The molecule has 2 heterocycles. The largest absolute Gasteiger partial charge is 0.357 e. The van der Waals surface area contributed by atoms with E-state index in [9.17, 15) is 9.18 Å². The molecule has 2 aliphatic rings. The summed E-state index contributed by atoms with van der Waals surface area (Å²) in [7, 11) is 1.84. The van der Waals surface area contributed by atoms with Crippen molar-refractivity contribution in [2.75, 3.05) is 37.6 Å². The van der Waals surface area contributed by atoms with Crippen LogP contribution in [-0.4, -0.2) is 59.3 Å². The third-order valence-electron chi connectivity index (χ3n) is 5.69. The number of rotatable bonds is 5. The number of halogens is 2. The Bertz CT molecular complexity index is 926. The first-order valence-electron chi connectivity index (χ1n) is 10.1. The molecule has 1 amide bonds. The molecule has 30 heavy (non-hydrogen) atoms. The van der Waals surface area contributed by atoms with Gasteiger partial charge in [-0.15, -0.1) is 24.0 Å². The quantitative estimate of drug-likeness (QED) is 0.370. The summed E-state index contributed by atoms with van der Waals surface area (Å²) in [5, 5.41) is 7.44. The summed E-state index contributed by atoms with van der Waals surface area (Å²) in [5.74, 6) is 0.574. The van der Waals surface area contributed by atoms with Gasteiger partial charge in [-0.25, -0.2) is 4.39 Å². The summed E-state index contributed by atoms with van der Waals surface area (Å²) in [6.45, 7) is 4.75. The number of piperazine rings is 1. The zero-order valence-corrected chi connectivity index (χ0v) is 19.7. The van der Waals surface area contributed by atoms with E-state index >= 15 is 0 Å². The molecule has 0 bridgehead atoms. The Hall–Kier alpha value is -2.17. The SMILES string of the molecule is CCNC(=NCC1(c2ccccc2F)CC1)N1CCN(c2cnn(C)c2)C(=O)C1.I. The third-order valence-corrected chi connectivity index (χ3v) is 5.69. The van der Waals surface area contributed by atoms with Gasteiger partial charge in [0.2, 0.25) is 5.91 Å². The number of aliphatic imine (C=N–C) groups is 1. The number of nitrogens with zero attached hydrogens (tertiary/aromatic N) is 5. The molecule has 7 nitrogen and oxygen atoms in total. The molecular formula is C21H28FIN6O. The van der Waals surface area contributed by atoms with Crippen LogP contribution in [0.4, 0.5) is 10.1 Å². The van der Waals surface area contributed by atoms with Gasteiger partial charge in [0.15, 0.2) is 5.96 Å². The number of amides is 1. The summed E-state index contributed by atoms with van der Waals surface area (Å²) < 4.78 is 16.0. The highest BCUT2D eigenvalue weighted by atomic mass is 127. The Balaban J connectivity index is 0.00000256. The average Bonchev–Trinajstić information content (AvgIpc) is 3.38. The van der Waals surface area contributed by atoms with E-state index in [2.05, 4.69) is 10.4 Å². The van der Waals surface area contributed by atoms with Gasteiger partial charge in [-0.1, -0.05) is 18.2 Å². The summed E-state index contributed by atoms with van der Waals surface area (Å²) in [5.41, 5.74) is 1.35. The van der Waals surface area contributed by atoms with E-state index in [0.717, 1.165) is 24.1 Å². The van der Waals surface area contributed by atoms with Gasteiger partial charge in [0, 0.05) is 38.3 Å². The fourth-order valence-corrected chi connectivity index (χ4v) is 3.88. The number of benzene rings is 1. The molecule has 1 aliphatic heterocycles. The number of hydrogen-bond acceptors (Lipinski definition) is 3. The van der Waals surface area contributed by atoms with Crippen molar-refractivity contribution in [3.63, 3.8) is 0 Å². The molecular weight excluding hydrogens is 498 g/mol. The first-order chi connectivity index (χ1) is 14.0. The lowest BCUT2D eigenvalue weighted by Gasteiger charge is -2.35. The van der Waals surface area contributed by atoms with Crippen molar-refractivity contribution in [2.45, 2.75) is 25.2 Å². The van der Waals surface area contributed by atoms with E-state index < -0.39 is 0 Å². The Labute approximate surface area is 193 Å². The highest BCUT2D eigenvalue weighted by molar-refractivity contribution is 14.0. The smallest absolute Gasteiger partial charge is 0.246 e. The fourth-order valence-electron chi connectivity index (χ4n) is 3.88. The second kappa shape index (κ2) is 9.32. The van der Waals surface area contributed by atoms with Gasteiger partial charge >= 0.3 is 0 Å². The standard InChI is InChI=1S/C21H27FN6O.HI/c1-3-23-20(24-15-21(8-9-21)17-6-4-5-7-18(17)22)27-10-11-28(19(29)14-27)16-12-25-26(2)13-16;/h4-7,12-13H,3,8-11,14-15H2,1-2H3,(H,23,24);1H. The lowest BCUT2D eigenvalue weighted by Crippen LogP contribution is -2.55. The van der Waals surface area contributed by atoms with E-state index in [1.165, 1.54) is 6.07 Å². The number of nitrogens with one attached hydrogen (secondary N) is 1. The van der Waals surface area contributed by atoms with Gasteiger partial charge in [-0.3, -0.25) is 14.5 Å². The molecule has 0 spiro atoms. The maximum Gasteiger partial charge on any atom is 0.246 e. The Morgan fingerprint density at radius 1 is 1.30 bits per heavy atom. The van der Waals surface area contributed by atoms with E-state index in [4.69, 9.17) is 4.99 Å². The molecule has 4 rings (SSSR count). The zero-order valence-electron chi connectivity index (χ0n) is 17.3. The van der Waals surface area contributed by atoms with Crippen LogP contribution in [0.15, 0.2) is 41.7 Å². The molecule has 1 N–H and O–H groups in total. The molecule has 0 atom stereocenters. The summed E-state index contributed by atoms with van der Waals surface area (Å²) in [4.78, 5) is 21.3. The fraction of sp³-hybridized carbons (Fsp3) is 0.476. The van der Waals surface area contributed by atoms with Crippen LogP contribution in [0.3, 0.4) is 0 Å². The van der Waals surface area contributed by atoms with Crippen LogP contribution < -0.4 is 10.2 Å². The first kappa shape index (κ1) is 22.5. The maximum atomic E-state index is 14.3. The minimum absolute atomic E-state index is 0. The van der Waals surface area contributed by atoms with Crippen molar-refractivity contribution in [2.24, 2.45) is 12.0 Å². The number of guanidine groups is 1. The van der Waals surface area contributed by atoms with Crippen molar-refractivity contribution < 1.29 is 9.18 Å². The molecule has 162 valence electrons. The van der Waals surface area contributed by atoms with Crippen LogP contribution in [0.2, 0.25) is 0 Å². The predicted octanol–water partition coefficient (Wildman–Crippen LogP) is 2.52. The lowest BCUT2D eigenvalue weighted by molar-refractivity contribution is -0.120. The number of carbonyl (C=O) groups excluding carboxylic acids is 1. The summed E-state index contributed by atoms with van der Waals surface area (Å²) in [6, 6.07) is 6.97. The van der Waals surface area contributed by atoms with Crippen LogP contribution in [0.5, 0.6) is 0 Å². The Morgan fingerprint density at radius 3 is 2.67 bits per heavy atom. The molecule has 9 heteroatoms. The van der Waals surface area contributed by atoms with Gasteiger partial charge in [-0.05, 0) is 31.4 Å². The van der Waals surface area contributed by atoms with Gasteiger partial charge in [0.25, 0.3) is 0 Å². The second-order valence-corrected chi connectivity index (χ2v) is 7.77. The van der Waals surface area contributed by atoms with Crippen molar-refractivity contribution in [3.8, 4) is 0 Å². The molecule has 1 aromatic heterocycles. The van der Waals surface area contributed by atoms with Crippen LogP contribution in [-0.2, 0) is 17.3 Å². The van der Waals surface area contributed by atoms with Gasteiger partial charge in [0.1, 0.15) is 12.4 Å². The molecule has 1 saturated carbocycles. The maximum absolute atomic E-state index is 14.3. The zero-order chi connectivity index (χ0) is 20.4. The average molecular weight is 526 g/mol. The van der Waals surface area contributed by atoms with E-state index in [0.29, 0.717) is 32.1 Å². The number of carbonyl (C=O) groups is 1. The Morgan fingerprint density at radius 2 is 2.07 bits per heavy atom. The lowest BCUT2D eigenvalue weighted by atomic mass is 9.95. The van der Waals surface area contributed by atoms with Gasteiger partial charge in [-0.2, -0.15) is 5.10 Å². The Kier molecular flexibility index (Phi) is 6.99. The minimum atomic E-state index is -0.215. The predicted molar refractivity (Wildman–Crippen MR) is 126 cm³/mol. The van der Waals surface area contributed by atoms with E-state index in [1.54, 1.807) is 21.8 Å². The first-order valence-corrected chi connectivity index (χ1v) is 10.1. The van der Waals surface area contributed by atoms with Crippen LogP contribution in [0.1, 0.15) is 25.3 Å². The summed E-state index contributed by atoms with van der Waals surface area (Å²) >= 11 is 0. The minimum Gasteiger partial charge on any atom is -0.357 e. The normalized spacial score (nSPS) is 18.2. The molecule has 1 aliphatic carbocycles. The van der Waals surface area contributed by atoms with E-state index in [1.807, 2.05) is 37.2 Å². The summed E-state index contributed by atoms with van der Waals surface area (Å²) in [6.07, 6.45) is 5.42. The number of anilines is 1.